The lowest BCUT2D eigenvalue weighted by atomic mass is 10.2. The van der Waals surface area contributed by atoms with Crippen molar-refractivity contribution < 1.29 is 8.42 Å². The van der Waals surface area contributed by atoms with Crippen molar-refractivity contribution in [2.45, 2.75) is 4.90 Å². The highest BCUT2D eigenvalue weighted by Crippen LogP contribution is 2.28. The number of halogens is 2. The smallest absolute Gasteiger partial charge is 0.261 e. The van der Waals surface area contributed by atoms with Gasteiger partial charge in [-0.15, -0.1) is 0 Å². The van der Waals surface area contributed by atoms with Gasteiger partial charge in [0.25, 0.3) is 9.05 Å². The first-order valence-corrected chi connectivity index (χ1v) is 6.77. The third-order valence-electron chi connectivity index (χ3n) is 2.19. The minimum atomic E-state index is -3.70. The summed E-state index contributed by atoms with van der Waals surface area (Å²) in [6.07, 6.45) is 1.72. The van der Waals surface area contributed by atoms with Gasteiger partial charge in [0.2, 0.25) is 0 Å². The van der Waals surface area contributed by atoms with Crippen LogP contribution in [0.4, 0.5) is 0 Å². The first-order chi connectivity index (χ1) is 6.89. The number of aromatic nitrogens is 1. The Morgan fingerprint density at radius 2 is 2.00 bits per heavy atom. The summed E-state index contributed by atoms with van der Waals surface area (Å²) in [4.78, 5) is 0.0600. The largest absolute Gasteiger partial charge is 0.349 e. The maximum absolute atomic E-state index is 11.1. The Balaban J connectivity index is 2.82. The Bertz CT molecular complexity index is 631. The minimum absolute atomic E-state index is 0.0600. The van der Waals surface area contributed by atoms with Crippen molar-refractivity contribution >= 4 is 42.2 Å². The lowest BCUT2D eigenvalue weighted by Crippen LogP contribution is -1.90. The van der Waals surface area contributed by atoms with Gasteiger partial charge in [-0.25, -0.2) is 8.42 Å². The van der Waals surface area contributed by atoms with Gasteiger partial charge in [-0.05, 0) is 18.2 Å². The number of aryl methyl sites for hydroxylation is 1. The maximum atomic E-state index is 11.1. The molecule has 2 rings (SSSR count). The molecule has 0 spiro atoms. The van der Waals surface area contributed by atoms with Gasteiger partial charge in [0, 0.05) is 34.8 Å². The predicted octanol–water partition coefficient (Wildman–Crippen LogP) is 2.76. The van der Waals surface area contributed by atoms with E-state index < -0.39 is 9.05 Å². The Morgan fingerprint density at radius 3 is 2.60 bits per heavy atom. The van der Waals surface area contributed by atoms with Crippen LogP contribution in [0.25, 0.3) is 10.9 Å². The van der Waals surface area contributed by atoms with Gasteiger partial charge in [0.15, 0.2) is 0 Å². The third kappa shape index (κ3) is 1.85. The van der Waals surface area contributed by atoms with Crippen LogP contribution < -0.4 is 0 Å². The molecule has 0 N–H and O–H groups in total. The zero-order chi connectivity index (χ0) is 11.2. The molecule has 1 aromatic heterocycles. The average molecular weight is 264 g/mol. The van der Waals surface area contributed by atoms with Crippen LogP contribution in [0.2, 0.25) is 5.02 Å². The Kier molecular flexibility index (Phi) is 2.45. The van der Waals surface area contributed by atoms with Gasteiger partial charge >= 0.3 is 0 Å². The monoisotopic (exact) mass is 263 g/mol. The second-order valence-corrected chi connectivity index (χ2v) is 6.18. The first kappa shape index (κ1) is 10.8. The predicted molar refractivity (Wildman–Crippen MR) is 61.0 cm³/mol. The zero-order valence-corrected chi connectivity index (χ0v) is 10.1. The molecular formula is C9H7Cl2NO2S. The lowest BCUT2D eigenvalue weighted by molar-refractivity contribution is 0.609. The molecule has 80 valence electrons. The van der Waals surface area contributed by atoms with Crippen LogP contribution in [0.5, 0.6) is 0 Å². The summed E-state index contributed by atoms with van der Waals surface area (Å²) in [6, 6.07) is 4.61. The molecule has 0 saturated carbocycles. The molecule has 0 radical (unpaired) electrons. The normalized spacial score (nSPS) is 12.2. The molecular weight excluding hydrogens is 257 g/mol. The molecule has 6 heteroatoms. The molecule has 0 fully saturated rings. The van der Waals surface area contributed by atoms with Crippen LogP contribution in [0.15, 0.2) is 29.3 Å². The molecule has 0 amide bonds. The fourth-order valence-corrected chi connectivity index (χ4v) is 2.55. The standard InChI is InChI=1S/C9H7Cl2NO2S/c1-12-5-8(10)7-4-6(15(11,13)14)2-3-9(7)12/h2-5H,1H3. The molecule has 15 heavy (non-hydrogen) atoms. The first-order valence-electron chi connectivity index (χ1n) is 4.09. The highest BCUT2D eigenvalue weighted by Gasteiger charge is 2.12. The van der Waals surface area contributed by atoms with Crippen LogP contribution in [-0.2, 0) is 16.1 Å². The summed E-state index contributed by atoms with van der Waals surface area (Å²) in [7, 11) is 3.38. The van der Waals surface area contributed by atoms with Gasteiger partial charge in [-0.2, -0.15) is 0 Å². The van der Waals surface area contributed by atoms with Gasteiger partial charge in [0.1, 0.15) is 0 Å². The lowest BCUT2D eigenvalue weighted by Gasteiger charge is -1.98. The van der Waals surface area contributed by atoms with Gasteiger partial charge < -0.3 is 4.57 Å². The number of nitrogens with zero attached hydrogens (tertiary/aromatic N) is 1. The highest BCUT2D eigenvalue weighted by molar-refractivity contribution is 8.13. The molecule has 1 heterocycles. The highest BCUT2D eigenvalue weighted by atomic mass is 35.7. The Morgan fingerprint density at radius 1 is 1.33 bits per heavy atom. The van der Waals surface area contributed by atoms with Crippen molar-refractivity contribution in [1.82, 2.24) is 4.57 Å². The molecule has 0 bridgehead atoms. The Labute approximate surface area is 96.6 Å². The van der Waals surface area contributed by atoms with E-state index in [0.29, 0.717) is 10.4 Å². The van der Waals surface area contributed by atoms with E-state index in [1.807, 2.05) is 11.6 Å². The molecule has 0 aliphatic carbocycles. The van der Waals surface area contributed by atoms with E-state index in [4.69, 9.17) is 22.3 Å². The van der Waals surface area contributed by atoms with E-state index in [-0.39, 0.29) is 4.90 Å². The minimum Gasteiger partial charge on any atom is -0.349 e. The molecule has 0 aliphatic rings. The number of rotatable bonds is 1. The van der Waals surface area contributed by atoms with Crippen molar-refractivity contribution in [3.8, 4) is 0 Å². The van der Waals surface area contributed by atoms with Crippen LogP contribution >= 0.6 is 22.3 Å². The molecule has 0 atom stereocenters. The summed E-state index contributed by atoms with van der Waals surface area (Å²) < 4.78 is 24.0. The van der Waals surface area contributed by atoms with E-state index in [0.717, 1.165) is 5.52 Å². The van der Waals surface area contributed by atoms with Gasteiger partial charge in [0.05, 0.1) is 9.92 Å². The number of hydrogen-bond donors (Lipinski definition) is 0. The summed E-state index contributed by atoms with van der Waals surface area (Å²) in [5, 5.41) is 1.19. The van der Waals surface area contributed by atoms with Crippen LogP contribution in [0.1, 0.15) is 0 Å². The van der Waals surface area contributed by atoms with E-state index >= 15 is 0 Å². The second-order valence-electron chi connectivity index (χ2n) is 3.20. The fourth-order valence-electron chi connectivity index (χ4n) is 1.47. The van der Waals surface area contributed by atoms with Crippen molar-refractivity contribution in [3.05, 3.63) is 29.4 Å². The van der Waals surface area contributed by atoms with Crippen LogP contribution in [0.3, 0.4) is 0 Å². The van der Waals surface area contributed by atoms with E-state index in [9.17, 15) is 8.42 Å². The number of hydrogen-bond acceptors (Lipinski definition) is 2. The number of fused-ring (bicyclic) bond motifs is 1. The molecule has 2 aromatic rings. The second kappa shape index (κ2) is 3.40. The summed E-state index contributed by atoms with van der Waals surface area (Å²) in [5.41, 5.74) is 0.865. The molecule has 1 aromatic carbocycles. The van der Waals surface area contributed by atoms with E-state index in [1.54, 1.807) is 12.3 Å². The van der Waals surface area contributed by atoms with Crippen molar-refractivity contribution in [1.29, 1.82) is 0 Å². The van der Waals surface area contributed by atoms with Crippen LogP contribution in [-0.4, -0.2) is 13.0 Å². The van der Waals surface area contributed by atoms with Crippen molar-refractivity contribution in [2.24, 2.45) is 7.05 Å². The summed E-state index contributed by atoms with van der Waals surface area (Å²) in [6.45, 7) is 0. The molecule has 3 nitrogen and oxygen atoms in total. The van der Waals surface area contributed by atoms with Crippen molar-refractivity contribution in [2.75, 3.05) is 0 Å². The van der Waals surface area contributed by atoms with Crippen LogP contribution in [0, 0.1) is 0 Å². The molecule has 0 unspecified atom stereocenters. The summed E-state index contributed by atoms with van der Waals surface area (Å²) >= 11 is 5.94. The maximum Gasteiger partial charge on any atom is 0.261 e. The zero-order valence-electron chi connectivity index (χ0n) is 7.74. The van der Waals surface area contributed by atoms with E-state index in [2.05, 4.69) is 0 Å². The SMILES string of the molecule is Cn1cc(Cl)c2cc(S(=O)(=O)Cl)ccc21. The topological polar surface area (TPSA) is 39.1 Å². The fraction of sp³-hybridized carbons (Fsp3) is 0.111. The molecule has 0 aliphatic heterocycles. The summed E-state index contributed by atoms with van der Waals surface area (Å²) in [5.74, 6) is 0. The third-order valence-corrected chi connectivity index (χ3v) is 3.85. The quantitative estimate of drug-likeness (QED) is 0.743. The van der Waals surface area contributed by atoms with Gasteiger partial charge in [-0.1, -0.05) is 11.6 Å². The number of benzene rings is 1. The Hall–Kier alpha value is -0.710. The average Bonchev–Trinajstić information content (AvgIpc) is 2.41. The van der Waals surface area contributed by atoms with E-state index in [1.165, 1.54) is 12.1 Å². The van der Waals surface area contributed by atoms with Crippen molar-refractivity contribution in [3.63, 3.8) is 0 Å². The molecule has 0 saturated heterocycles. The van der Waals surface area contributed by atoms with Gasteiger partial charge in [-0.3, -0.25) is 0 Å².